The van der Waals surface area contributed by atoms with Crippen molar-refractivity contribution in [1.29, 1.82) is 0 Å². The average Bonchev–Trinajstić information content (AvgIpc) is 2.44. The number of halogens is 1. The third kappa shape index (κ3) is 3.90. The van der Waals surface area contributed by atoms with E-state index in [2.05, 4.69) is 0 Å². The highest BCUT2D eigenvalue weighted by Gasteiger charge is 2.20. The number of sulfonamides is 1. The second-order valence-corrected chi connectivity index (χ2v) is 6.00. The van der Waals surface area contributed by atoms with Gasteiger partial charge in [-0.05, 0) is 18.2 Å². The molecule has 0 saturated carbocycles. The predicted octanol–water partition coefficient (Wildman–Crippen LogP) is 0.726. The van der Waals surface area contributed by atoms with E-state index >= 15 is 0 Å². The smallest absolute Gasteiger partial charge is 0.263 e. The van der Waals surface area contributed by atoms with Crippen LogP contribution in [0.4, 0.5) is 0 Å². The Hall–Kier alpha value is -1.19. The van der Waals surface area contributed by atoms with Gasteiger partial charge >= 0.3 is 0 Å². The molecule has 1 aromatic rings. The molecule has 0 unspecified atom stereocenters. The summed E-state index contributed by atoms with van der Waals surface area (Å²) < 4.78 is 28.0. The zero-order valence-corrected chi connectivity index (χ0v) is 12.5. The molecule has 0 aliphatic heterocycles. The first-order valence-corrected chi connectivity index (χ1v) is 7.39. The van der Waals surface area contributed by atoms with Crippen molar-refractivity contribution in [3.8, 4) is 0 Å². The van der Waals surface area contributed by atoms with Crippen molar-refractivity contribution >= 4 is 27.5 Å². The van der Waals surface area contributed by atoms with Crippen LogP contribution < -0.4 is 4.89 Å². The highest BCUT2D eigenvalue weighted by Crippen LogP contribution is 2.22. The SMILES string of the molecule is COCCN(C)C(=O)c1ccc(Cl)c(S(=O)(=O)NO)c1. The number of carbonyl (C=O) groups excluding carboxylic acids is 1. The second-order valence-electron chi connectivity index (χ2n) is 3.96. The number of carbonyl (C=O) groups is 1. The lowest BCUT2D eigenvalue weighted by Crippen LogP contribution is -2.30. The summed E-state index contributed by atoms with van der Waals surface area (Å²) >= 11 is 5.75. The third-order valence-electron chi connectivity index (χ3n) is 2.57. The summed E-state index contributed by atoms with van der Waals surface area (Å²) in [6.07, 6.45) is 0. The number of amides is 1. The van der Waals surface area contributed by atoms with Crippen LogP contribution in [-0.2, 0) is 14.8 Å². The van der Waals surface area contributed by atoms with Gasteiger partial charge in [0.25, 0.3) is 15.9 Å². The number of rotatable bonds is 6. The first-order valence-electron chi connectivity index (χ1n) is 5.53. The van der Waals surface area contributed by atoms with E-state index in [0.29, 0.717) is 13.2 Å². The van der Waals surface area contributed by atoms with Gasteiger partial charge < -0.3 is 14.8 Å². The number of nitrogens with one attached hydrogen (secondary N) is 1. The molecule has 1 aromatic carbocycles. The minimum absolute atomic E-state index is 0.0948. The zero-order valence-electron chi connectivity index (χ0n) is 11.0. The van der Waals surface area contributed by atoms with Crippen LogP contribution in [0, 0.1) is 0 Å². The minimum atomic E-state index is -4.15. The van der Waals surface area contributed by atoms with Crippen LogP contribution in [0.3, 0.4) is 0 Å². The second kappa shape index (κ2) is 7.00. The molecule has 0 saturated heterocycles. The van der Waals surface area contributed by atoms with E-state index in [1.54, 1.807) is 7.05 Å². The van der Waals surface area contributed by atoms with Crippen molar-refractivity contribution in [1.82, 2.24) is 9.79 Å². The Bertz CT molecular complexity index is 590. The molecule has 7 nitrogen and oxygen atoms in total. The number of hydrogen-bond donors (Lipinski definition) is 2. The lowest BCUT2D eigenvalue weighted by atomic mass is 10.2. The first-order chi connectivity index (χ1) is 9.33. The summed E-state index contributed by atoms with van der Waals surface area (Å²) in [4.78, 5) is 14.3. The van der Waals surface area contributed by atoms with E-state index in [1.807, 2.05) is 0 Å². The van der Waals surface area contributed by atoms with Crippen LogP contribution in [-0.4, -0.2) is 51.7 Å². The Morgan fingerprint density at radius 2 is 2.15 bits per heavy atom. The monoisotopic (exact) mass is 322 g/mol. The summed E-state index contributed by atoms with van der Waals surface area (Å²) in [5, 5.41) is 8.52. The fourth-order valence-electron chi connectivity index (χ4n) is 1.44. The summed E-state index contributed by atoms with van der Waals surface area (Å²) in [5.41, 5.74) is 0.141. The molecule has 0 heterocycles. The fraction of sp³-hybridized carbons (Fsp3) is 0.364. The van der Waals surface area contributed by atoms with Gasteiger partial charge in [0.2, 0.25) is 0 Å². The number of likely N-dealkylation sites (N-methyl/N-ethyl adjacent to an activating group) is 1. The Labute approximate surface area is 122 Å². The Morgan fingerprint density at radius 3 is 2.70 bits per heavy atom. The van der Waals surface area contributed by atoms with Crippen LogP contribution in [0.1, 0.15) is 10.4 Å². The minimum Gasteiger partial charge on any atom is -0.383 e. The quantitative estimate of drug-likeness (QED) is 0.753. The van der Waals surface area contributed by atoms with Gasteiger partial charge in [0, 0.05) is 26.3 Å². The van der Waals surface area contributed by atoms with Gasteiger partial charge in [-0.25, -0.2) is 8.42 Å². The lowest BCUT2D eigenvalue weighted by molar-refractivity contribution is 0.0744. The molecule has 9 heteroatoms. The van der Waals surface area contributed by atoms with Gasteiger partial charge in [-0.15, -0.1) is 0 Å². The Kier molecular flexibility index (Phi) is 5.90. The van der Waals surface area contributed by atoms with Crippen molar-refractivity contribution < 1.29 is 23.2 Å². The van der Waals surface area contributed by atoms with E-state index in [4.69, 9.17) is 21.5 Å². The van der Waals surface area contributed by atoms with Gasteiger partial charge in [0.1, 0.15) is 4.90 Å². The predicted molar refractivity (Wildman–Crippen MR) is 72.4 cm³/mol. The van der Waals surface area contributed by atoms with E-state index in [9.17, 15) is 13.2 Å². The first kappa shape index (κ1) is 16.9. The molecule has 1 amide bonds. The topological polar surface area (TPSA) is 95.9 Å². The standard InChI is InChI=1S/C11H15ClN2O5S/c1-14(5-6-19-2)11(15)8-3-4-9(12)10(7-8)20(17,18)13-16/h3-4,7,13,16H,5-6H2,1-2H3. The third-order valence-corrected chi connectivity index (χ3v) is 4.16. The van der Waals surface area contributed by atoms with Crippen LogP contribution in [0.2, 0.25) is 5.02 Å². The molecule has 20 heavy (non-hydrogen) atoms. The average molecular weight is 323 g/mol. The number of nitrogens with zero attached hydrogens (tertiary/aromatic N) is 1. The maximum atomic E-state index is 12.1. The molecule has 0 fully saturated rings. The Balaban J connectivity index is 3.10. The molecule has 0 aliphatic carbocycles. The van der Waals surface area contributed by atoms with Crippen molar-refractivity contribution in [2.45, 2.75) is 4.90 Å². The molecule has 0 bridgehead atoms. The van der Waals surface area contributed by atoms with Gasteiger partial charge in [-0.1, -0.05) is 16.5 Å². The fourth-order valence-corrected chi connectivity index (χ4v) is 2.57. The Morgan fingerprint density at radius 1 is 1.50 bits per heavy atom. The molecular weight excluding hydrogens is 308 g/mol. The zero-order chi connectivity index (χ0) is 15.3. The molecule has 112 valence electrons. The lowest BCUT2D eigenvalue weighted by Gasteiger charge is -2.17. The van der Waals surface area contributed by atoms with E-state index in [0.717, 1.165) is 6.07 Å². The summed E-state index contributed by atoms with van der Waals surface area (Å²) in [7, 11) is -1.07. The van der Waals surface area contributed by atoms with Gasteiger partial charge in [0.15, 0.2) is 0 Å². The highest BCUT2D eigenvalue weighted by molar-refractivity contribution is 7.89. The highest BCUT2D eigenvalue weighted by atomic mass is 35.5. The summed E-state index contributed by atoms with van der Waals surface area (Å²) in [5.74, 6) is -0.381. The van der Waals surface area contributed by atoms with Gasteiger partial charge in [-0.3, -0.25) is 4.79 Å². The van der Waals surface area contributed by atoms with Crippen molar-refractivity contribution in [2.75, 3.05) is 27.3 Å². The van der Waals surface area contributed by atoms with Crippen LogP contribution >= 0.6 is 11.6 Å². The number of hydrogen-bond acceptors (Lipinski definition) is 5. The van der Waals surface area contributed by atoms with Crippen LogP contribution in [0.25, 0.3) is 0 Å². The molecule has 1 rings (SSSR count). The van der Waals surface area contributed by atoms with Gasteiger partial charge in [-0.2, -0.15) is 0 Å². The molecule has 0 aliphatic rings. The van der Waals surface area contributed by atoms with Crippen LogP contribution in [0.15, 0.2) is 23.1 Å². The molecular formula is C11H15ClN2O5S. The summed E-state index contributed by atoms with van der Waals surface area (Å²) in [6, 6.07) is 3.79. The number of benzene rings is 1. The largest absolute Gasteiger partial charge is 0.383 e. The summed E-state index contributed by atoms with van der Waals surface area (Å²) in [6.45, 7) is 0.720. The van der Waals surface area contributed by atoms with E-state index < -0.39 is 10.0 Å². The maximum absolute atomic E-state index is 12.1. The van der Waals surface area contributed by atoms with Gasteiger partial charge in [0.05, 0.1) is 11.6 Å². The normalized spacial score (nSPS) is 11.4. The molecule has 0 spiro atoms. The number of methoxy groups -OCH3 is 1. The van der Waals surface area contributed by atoms with E-state index in [-0.39, 0.29) is 21.4 Å². The number of ether oxygens (including phenoxy) is 1. The molecule has 0 aromatic heterocycles. The van der Waals surface area contributed by atoms with Crippen molar-refractivity contribution in [2.24, 2.45) is 0 Å². The maximum Gasteiger partial charge on any atom is 0.263 e. The van der Waals surface area contributed by atoms with Crippen molar-refractivity contribution in [3.63, 3.8) is 0 Å². The van der Waals surface area contributed by atoms with E-state index in [1.165, 1.54) is 29.0 Å². The van der Waals surface area contributed by atoms with Crippen molar-refractivity contribution in [3.05, 3.63) is 28.8 Å². The molecule has 2 N–H and O–H groups in total. The molecule has 0 atom stereocenters. The molecule has 0 radical (unpaired) electrons. The van der Waals surface area contributed by atoms with Crippen LogP contribution in [0.5, 0.6) is 0 Å².